The van der Waals surface area contributed by atoms with Gasteiger partial charge in [0.05, 0.1) is 34.5 Å². The number of para-hydroxylation sites is 2. The van der Waals surface area contributed by atoms with Crippen molar-refractivity contribution in [2.45, 2.75) is 12.6 Å². The normalized spacial score (nSPS) is 10.5. The summed E-state index contributed by atoms with van der Waals surface area (Å²) in [6.45, 7) is 0. The number of nitrogens with one attached hydrogen (secondary N) is 2. The maximum atomic E-state index is 12.4. The van der Waals surface area contributed by atoms with Crippen molar-refractivity contribution in [3.8, 4) is 0 Å². The fourth-order valence-electron chi connectivity index (χ4n) is 3.43. The molecule has 39 heavy (non-hydrogen) atoms. The summed E-state index contributed by atoms with van der Waals surface area (Å²) < 4.78 is 37.3. The molecule has 0 radical (unpaired) electrons. The molecule has 7 nitrogen and oxygen atoms in total. The Kier molecular flexibility index (Phi) is 9.42. The minimum Gasteiger partial charge on any atom is -0.478 e. The van der Waals surface area contributed by atoms with Gasteiger partial charge >= 0.3 is 18.1 Å². The second-order valence-corrected chi connectivity index (χ2v) is 8.11. The van der Waals surface area contributed by atoms with Crippen LogP contribution in [0.25, 0.3) is 0 Å². The molecule has 0 atom stereocenters. The second-order valence-electron chi connectivity index (χ2n) is 8.11. The Balaban J connectivity index is 0.000000216. The largest absolute Gasteiger partial charge is 0.478 e. The summed E-state index contributed by atoms with van der Waals surface area (Å²) in [6, 6.07) is 26.2. The Morgan fingerprint density at radius 3 is 1.67 bits per heavy atom. The van der Waals surface area contributed by atoms with Crippen LogP contribution in [-0.2, 0) is 17.4 Å². The number of carboxylic acid groups (broad SMARTS) is 2. The summed E-state index contributed by atoms with van der Waals surface area (Å²) in [5.74, 6) is -2.41. The van der Waals surface area contributed by atoms with Crippen LogP contribution in [0.2, 0.25) is 0 Å². The Morgan fingerprint density at radius 1 is 0.641 bits per heavy atom. The van der Waals surface area contributed by atoms with Gasteiger partial charge in [-0.25, -0.2) is 9.59 Å². The standard InChI is InChI=1S/C15H13NO3.C14H10F3NO2/c17-14(10-11-6-2-1-3-7-11)16-13-9-5-4-8-12(13)15(18)19;15-14(16,17)9-5-7-10(8-6-9)18-12-4-2-1-3-11(12)13(19)20/h1-9H,10H2,(H,16,17)(H,18,19);1-8,18H,(H,19,20). The molecule has 0 unspecified atom stereocenters. The first-order valence-corrected chi connectivity index (χ1v) is 11.5. The van der Waals surface area contributed by atoms with E-state index < -0.39 is 23.7 Å². The van der Waals surface area contributed by atoms with E-state index in [4.69, 9.17) is 10.2 Å². The molecule has 0 aliphatic heterocycles. The van der Waals surface area contributed by atoms with Crippen LogP contribution in [0.3, 0.4) is 0 Å². The first kappa shape index (κ1) is 28.5. The van der Waals surface area contributed by atoms with Crippen molar-refractivity contribution >= 4 is 34.9 Å². The molecule has 0 bridgehead atoms. The molecule has 0 saturated carbocycles. The SMILES string of the molecule is O=C(Cc1ccccc1)Nc1ccccc1C(=O)O.O=C(O)c1ccccc1Nc1ccc(C(F)(F)F)cc1. The van der Waals surface area contributed by atoms with Gasteiger partial charge in [0.1, 0.15) is 0 Å². The lowest BCUT2D eigenvalue weighted by Gasteiger charge is -2.11. The molecule has 0 spiro atoms. The van der Waals surface area contributed by atoms with Crippen LogP contribution < -0.4 is 10.6 Å². The van der Waals surface area contributed by atoms with Gasteiger partial charge in [-0.05, 0) is 54.1 Å². The van der Waals surface area contributed by atoms with Crippen LogP contribution in [0.15, 0.2) is 103 Å². The van der Waals surface area contributed by atoms with E-state index in [2.05, 4.69) is 10.6 Å². The number of amides is 1. The predicted molar refractivity (Wildman–Crippen MR) is 140 cm³/mol. The van der Waals surface area contributed by atoms with Crippen molar-refractivity contribution in [3.05, 3.63) is 125 Å². The van der Waals surface area contributed by atoms with Crippen molar-refractivity contribution < 1.29 is 37.8 Å². The van der Waals surface area contributed by atoms with Crippen LogP contribution in [0, 0.1) is 0 Å². The van der Waals surface area contributed by atoms with E-state index in [9.17, 15) is 27.6 Å². The second kappa shape index (κ2) is 12.9. The van der Waals surface area contributed by atoms with Crippen molar-refractivity contribution in [2.24, 2.45) is 0 Å². The average Bonchev–Trinajstić information content (AvgIpc) is 2.90. The molecule has 4 rings (SSSR count). The van der Waals surface area contributed by atoms with Crippen LogP contribution >= 0.6 is 0 Å². The number of carboxylic acids is 2. The van der Waals surface area contributed by atoms with Gasteiger partial charge in [0.25, 0.3) is 0 Å². The summed E-state index contributed by atoms with van der Waals surface area (Å²) in [5, 5.41) is 23.4. The zero-order valence-electron chi connectivity index (χ0n) is 20.3. The van der Waals surface area contributed by atoms with E-state index in [0.29, 0.717) is 17.1 Å². The number of carbonyl (C=O) groups is 3. The quantitative estimate of drug-likeness (QED) is 0.209. The van der Waals surface area contributed by atoms with Gasteiger partial charge in [-0.3, -0.25) is 4.79 Å². The fraction of sp³-hybridized carbons (Fsp3) is 0.0690. The monoisotopic (exact) mass is 536 g/mol. The molecule has 4 aromatic carbocycles. The van der Waals surface area contributed by atoms with Gasteiger partial charge in [0.15, 0.2) is 0 Å². The molecule has 0 aliphatic rings. The lowest BCUT2D eigenvalue weighted by Crippen LogP contribution is -2.16. The molecule has 0 saturated heterocycles. The predicted octanol–water partition coefficient (Wildman–Crippen LogP) is 6.71. The van der Waals surface area contributed by atoms with Gasteiger partial charge < -0.3 is 20.8 Å². The lowest BCUT2D eigenvalue weighted by molar-refractivity contribution is -0.137. The Hall–Kier alpha value is -5.12. The van der Waals surface area contributed by atoms with Gasteiger partial charge in [0, 0.05) is 5.69 Å². The van der Waals surface area contributed by atoms with E-state index in [-0.39, 0.29) is 23.5 Å². The zero-order chi connectivity index (χ0) is 28.4. The molecule has 4 aromatic rings. The summed E-state index contributed by atoms with van der Waals surface area (Å²) in [7, 11) is 0. The summed E-state index contributed by atoms with van der Waals surface area (Å²) in [6.07, 6.45) is -4.17. The third-order valence-corrected chi connectivity index (χ3v) is 5.29. The third-order valence-electron chi connectivity index (χ3n) is 5.29. The molecular formula is C29H23F3N2O5. The van der Waals surface area contributed by atoms with E-state index in [0.717, 1.165) is 17.7 Å². The maximum Gasteiger partial charge on any atom is 0.416 e. The minimum atomic E-state index is -4.39. The van der Waals surface area contributed by atoms with Crippen LogP contribution in [0.4, 0.5) is 30.2 Å². The third kappa shape index (κ3) is 8.46. The number of halogens is 3. The number of rotatable bonds is 7. The lowest BCUT2D eigenvalue weighted by atomic mass is 10.1. The molecule has 10 heteroatoms. The van der Waals surface area contributed by atoms with Gasteiger partial charge in [-0.2, -0.15) is 13.2 Å². The summed E-state index contributed by atoms with van der Waals surface area (Å²) in [5.41, 5.74) is 1.28. The van der Waals surface area contributed by atoms with Crippen molar-refractivity contribution in [1.29, 1.82) is 0 Å². The van der Waals surface area contributed by atoms with Crippen molar-refractivity contribution in [2.75, 3.05) is 10.6 Å². The molecule has 0 aromatic heterocycles. The molecule has 4 N–H and O–H groups in total. The summed E-state index contributed by atoms with van der Waals surface area (Å²) in [4.78, 5) is 33.9. The highest BCUT2D eigenvalue weighted by atomic mass is 19.4. The van der Waals surface area contributed by atoms with E-state index in [1.54, 1.807) is 36.4 Å². The molecule has 0 aliphatic carbocycles. The summed E-state index contributed by atoms with van der Waals surface area (Å²) >= 11 is 0. The Labute approximate surface area is 221 Å². The van der Waals surface area contributed by atoms with Gasteiger partial charge in [0.2, 0.25) is 5.91 Å². The number of aromatic carboxylic acids is 2. The minimum absolute atomic E-state index is 0.0485. The number of carbonyl (C=O) groups excluding carboxylic acids is 1. The Morgan fingerprint density at radius 2 is 1.13 bits per heavy atom. The van der Waals surface area contributed by atoms with E-state index >= 15 is 0 Å². The van der Waals surface area contributed by atoms with Crippen molar-refractivity contribution in [3.63, 3.8) is 0 Å². The highest BCUT2D eigenvalue weighted by molar-refractivity contribution is 6.01. The molecule has 0 heterocycles. The maximum absolute atomic E-state index is 12.4. The van der Waals surface area contributed by atoms with Crippen LogP contribution in [-0.4, -0.2) is 28.1 Å². The molecular weight excluding hydrogens is 513 g/mol. The average molecular weight is 537 g/mol. The van der Waals surface area contributed by atoms with Crippen LogP contribution in [0.1, 0.15) is 31.8 Å². The van der Waals surface area contributed by atoms with Gasteiger partial charge in [-0.15, -0.1) is 0 Å². The smallest absolute Gasteiger partial charge is 0.416 e. The number of hydrogen-bond acceptors (Lipinski definition) is 4. The fourth-order valence-corrected chi connectivity index (χ4v) is 3.43. The highest BCUT2D eigenvalue weighted by Gasteiger charge is 2.30. The zero-order valence-corrected chi connectivity index (χ0v) is 20.3. The first-order valence-electron chi connectivity index (χ1n) is 11.5. The first-order chi connectivity index (χ1) is 18.5. The highest BCUT2D eigenvalue weighted by Crippen LogP contribution is 2.30. The van der Waals surface area contributed by atoms with E-state index in [1.807, 2.05) is 30.3 Å². The van der Waals surface area contributed by atoms with E-state index in [1.165, 1.54) is 24.3 Å². The van der Waals surface area contributed by atoms with Crippen molar-refractivity contribution in [1.82, 2.24) is 0 Å². The van der Waals surface area contributed by atoms with Crippen LogP contribution in [0.5, 0.6) is 0 Å². The molecule has 0 fully saturated rings. The Bertz CT molecular complexity index is 1440. The number of hydrogen-bond donors (Lipinski definition) is 4. The van der Waals surface area contributed by atoms with Gasteiger partial charge in [-0.1, -0.05) is 54.6 Å². The molecule has 1 amide bonds. The molecule has 200 valence electrons. The number of benzene rings is 4. The number of anilines is 3. The number of alkyl halides is 3. The topological polar surface area (TPSA) is 116 Å².